The lowest BCUT2D eigenvalue weighted by atomic mass is 10.1. The minimum absolute atomic E-state index is 0.194. The van der Waals surface area contributed by atoms with Gasteiger partial charge in [-0.25, -0.2) is 14.3 Å². The Labute approximate surface area is 166 Å². The average Bonchev–Trinajstić information content (AvgIpc) is 3.00. The zero-order valence-corrected chi connectivity index (χ0v) is 15.8. The molecule has 8 nitrogen and oxygen atoms in total. The number of amides is 4. The van der Waals surface area contributed by atoms with Gasteiger partial charge in [-0.1, -0.05) is 13.8 Å². The van der Waals surface area contributed by atoms with Crippen molar-refractivity contribution in [2.75, 3.05) is 4.90 Å². The van der Waals surface area contributed by atoms with Crippen molar-refractivity contribution < 1.29 is 23.6 Å². The number of carbonyl (C=O) groups is 4. The highest BCUT2D eigenvalue weighted by atomic mass is 19.1. The predicted molar refractivity (Wildman–Crippen MR) is 101 cm³/mol. The number of carbonyl (C=O) groups excluding carboxylic acids is 4. The highest BCUT2D eigenvalue weighted by Crippen LogP contribution is 2.26. The Morgan fingerprint density at radius 3 is 2.48 bits per heavy atom. The van der Waals surface area contributed by atoms with Crippen LogP contribution in [0.2, 0.25) is 0 Å². The summed E-state index contributed by atoms with van der Waals surface area (Å²) in [6, 6.07) is 6.72. The number of rotatable bonds is 4. The number of pyridine rings is 1. The van der Waals surface area contributed by atoms with E-state index < -0.39 is 41.4 Å². The van der Waals surface area contributed by atoms with E-state index in [9.17, 15) is 23.6 Å². The number of nitrogens with zero attached hydrogens (tertiary/aromatic N) is 3. The maximum Gasteiger partial charge on any atom is 0.271 e. The minimum Gasteiger partial charge on any atom is -0.274 e. The molecule has 29 heavy (non-hydrogen) atoms. The molecule has 9 heteroatoms. The zero-order valence-electron chi connectivity index (χ0n) is 15.8. The summed E-state index contributed by atoms with van der Waals surface area (Å²) in [4.78, 5) is 55.4. The van der Waals surface area contributed by atoms with Crippen LogP contribution in [-0.4, -0.2) is 39.7 Å². The topological polar surface area (TPSA) is 99.7 Å². The standard InChI is InChI=1S/C20H19FN4O4/c1-12(2)19(28)25(23-18(27)13-4-3-9-22-11-13)16-10-17(26)24(20(16)29)15-7-5-14(21)6-8-15/h3-9,11-12,16H,10H2,1-2H3,(H,23,27)/t16-/m0/s1. The number of benzene rings is 1. The molecule has 0 radical (unpaired) electrons. The number of halogens is 1. The molecule has 0 bridgehead atoms. The molecule has 1 saturated heterocycles. The van der Waals surface area contributed by atoms with Gasteiger partial charge in [-0.2, -0.15) is 0 Å². The molecule has 3 rings (SSSR count). The van der Waals surface area contributed by atoms with Gasteiger partial charge in [-0.3, -0.25) is 29.6 Å². The smallest absolute Gasteiger partial charge is 0.271 e. The van der Waals surface area contributed by atoms with E-state index in [1.165, 1.54) is 30.6 Å². The quantitative estimate of drug-likeness (QED) is 0.624. The van der Waals surface area contributed by atoms with Crippen molar-refractivity contribution in [3.63, 3.8) is 0 Å². The molecule has 1 aromatic heterocycles. The van der Waals surface area contributed by atoms with Crippen LogP contribution in [0.1, 0.15) is 30.6 Å². The lowest BCUT2D eigenvalue weighted by molar-refractivity contribution is -0.143. The third kappa shape index (κ3) is 4.13. The number of aromatic nitrogens is 1. The Balaban J connectivity index is 1.88. The van der Waals surface area contributed by atoms with Crippen LogP contribution in [0.5, 0.6) is 0 Å². The lowest BCUT2D eigenvalue weighted by Gasteiger charge is -2.29. The van der Waals surface area contributed by atoms with Gasteiger partial charge in [0, 0.05) is 18.3 Å². The third-order valence-electron chi connectivity index (χ3n) is 4.40. The van der Waals surface area contributed by atoms with Crippen LogP contribution >= 0.6 is 0 Å². The molecule has 1 aliphatic rings. The fourth-order valence-electron chi connectivity index (χ4n) is 2.91. The van der Waals surface area contributed by atoms with Gasteiger partial charge in [0.1, 0.15) is 11.9 Å². The molecule has 1 atom stereocenters. The molecule has 1 N–H and O–H groups in total. The van der Waals surface area contributed by atoms with Gasteiger partial charge < -0.3 is 0 Å². The van der Waals surface area contributed by atoms with E-state index >= 15 is 0 Å². The van der Waals surface area contributed by atoms with Gasteiger partial charge in [0.15, 0.2) is 0 Å². The molecule has 0 aliphatic carbocycles. The Hall–Kier alpha value is -3.62. The summed E-state index contributed by atoms with van der Waals surface area (Å²) in [6.45, 7) is 3.23. The van der Waals surface area contributed by atoms with E-state index in [1.807, 2.05) is 0 Å². The first kappa shape index (κ1) is 20.1. The highest BCUT2D eigenvalue weighted by molar-refractivity contribution is 6.23. The van der Waals surface area contributed by atoms with Gasteiger partial charge >= 0.3 is 0 Å². The Morgan fingerprint density at radius 2 is 1.90 bits per heavy atom. The summed E-state index contributed by atoms with van der Waals surface area (Å²) in [7, 11) is 0. The van der Waals surface area contributed by atoms with Crippen molar-refractivity contribution >= 4 is 29.3 Å². The van der Waals surface area contributed by atoms with Crippen LogP contribution in [0.15, 0.2) is 48.8 Å². The van der Waals surface area contributed by atoms with Crippen molar-refractivity contribution in [2.24, 2.45) is 5.92 Å². The second-order valence-corrected chi connectivity index (χ2v) is 6.81. The SMILES string of the molecule is CC(C)C(=O)N(NC(=O)c1cccnc1)[C@H]1CC(=O)N(c2ccc(F)cc2)C1=O. The molecular formula is C20H19FN4O4. The van der Waals surface area contributed by atoms with Gasteiger partial charge in [-0.05, 0) is 36.4 Å². The first-order valence-electron chi connectivity index (χ1n) is 8.96. The lowest BCUT2D eigenvalue weighted by Crippen LogP contribution is -2.55. The van der Waals surface area contributed by atoms with Crippen LogP contribution in [0.4, 0.5) is 10.1 Å². The highest BCUT2D eigenvalue weighted by Gasteiger charge is 2.45. The number of hydrogen-bond donors (Lipinski definition) is 1. The molecule has 0 unspecified atom stereocenters. The number of hydrazine groups is 1. The Kier molecular flexibility index (Phi) is 5.67. The van der Waals surface area contributed by atoms with Gasteiger partial charge in [0.2, 0.25) is 11.8 Å². The average molecular weight is 398 g/mol. The van der Waals surface area contributed by atoms with Crippen LogP contribution < -0.4 is 10.3 Å². The molecule has 1 aliphatic heterocycles. The molecule has 0 saturated carbocycles. The van der Waals surface area contributed by atoms with Crippen molar-refractivity contribution in [1.82, 2.24) is 15.4 Å². The van der Waals surface area contributed by atoms with Crippen molar-refractivity contribution in [2.45, 2.75) is 26.3 Å². The van der Waals surface area contributed by atoms with Crippen LogP contribution in [-0.2, 0) is 14.4 Å². The normalized spacial score (nSPS) is 16.3. The zero-order chi connectivity index (χ0) is 21.1. The molecule has 4 amide bonds. The second kappa shape index (κ2) is 8.17. The van der Waals surface area contributed by atoms with Crippen molar-refractivity contribution in [1.29, 1.82) is 0 Å². The van der Waals surface area contributed by atoms with E-state index in [0.29, 0.717) is 0 Å². The summed E-state index contributed by atoms with van der Waals surface area (Å²) in [5.74, 6) is -3.43. The maximum absolute atomic E-state index is 13.2. The first-order valence-corrected chi connectivity index (χ1v) is 8.96. The van der Waals surface area contributed by atoms with Crippen LogP contribution in [0.3, 0.4) is 0 Å². The van der Waals surface area contributed by atoms with Crippen molar-refractivity contribution in [3.8, 4) is 0 Å². The number of nitrogens with one attached hydrogen (secondary N) is 1. The largest absolute Gasteiger partial charge is 0.274 e. The van der Waals surface area contributed by atoms with E-state index in [2.05, 4.69) is 10.4 Å². The second-order valence-electron chi connectivity index (χ2n) is 6.81. The Morgan fingerprint density at radius 1 is 1.21 bits per heavy atom. The molecule has 2 aromatic rings. The Bertz CT molecular complexity index is 947. The molecular weight excluding hydrogens is 379 g/mol. The van der Waals surface area contributed by atoms with E-state index in [4.69, 9.17) is 0 Å². The van der Waals surface area contributed by atoms with Crippen LogP contribution in [0.25, 0.3) is 0 Å². The molecule has 0 spiro atoms. The molecule has 2 heterocycles. The summed E-state index contributed by atoms with van der Waals surface area (Å²) < 4.78 is 13.2. The minimum atomic E-state index is -1.21. The van der Waals surface area contributed by atoms with E-state index in [-0.39, 0.29) is 17.7 Å². The van der Waals surface area contributed by atoms with Gasteiger partial charge in [0.05, 0.1) is 17.7 Å². The number of anilines is 1. The van der Waals surface area contributed by atoms with Crippen molar-refractivity contribution in [3.05, 3.63) is 60.2 Å². The number of imide groups is 1. The summed E-state index contributed by atoms with van der Waals surface area (Å²) in [6.07, 6.45) is 2.51. The molecule has 1 fully saturated rings. The van der Waals surface area contributed by atoms with E-state index in [0.717, 1.165) is 22.0 Å². The first-order chi connectivity index (χ1) is 13.8. The molecule has 150 valence electrons. The van der Waals surface area contributed by atoms with E-state index in [1.54, 1.807) is 19.9 Å². The van der Waals surface area contributed by atoms with Crippen LogP contribution in [0, 0.1) is 11.7 Å². The number of hydrogen-bond acceptors (Lipinski definition) is 5. The van der Waals surface area contributed by atoms with Gasteiger partial charge in [0.25, 0.3) is 11.8 Å². The van der Waals surface area contributed by atoms with Gasteiger partial charge in [-0.15, -0.1) is 0 Å². The maximum atomic E-state index is 13.2. The third-order valence-corrected chi connectivity index (χ3v) is 4.40. The predicted octanol–water partition coefficient (Wildman–Crippen LogP) is 1.68. The fraction of sp³-hybridized carbons (Fsp3) is 0.250. The summed E-state index contributed by atoms with van der Waals surface area (Å²) >= 11 is 0. The molecule has 1 aromatic carbocycles. The summed E-state index contributed by atoms with van der Waals surface area (Å²) in [5, 5.41) is 0.907. The fourth-order valence-corrected chi connectivity index (χ4v) is 2.91. The monoisotopic (exact) mass is 398 g/mol. The summed E-state index contributed by atoms with van der Waals surface area (Å²) in [5.41, 5.74) is 2.82.